The molecule has 0 radical (unpaired) electrons. The van der Waals surface area contributed by atoms with Crippen LogP contribution in [0.25, 0.3) is 86.6 Å². The third kappa shape index (κ3) is 4.50. The number of anilines is 3. The van der Waals surface area contributed by atoms with Crippen LogP contribution in [-0.4, -0.2) is 4.98 Å². The van der Waals surface area contributed by atoms with Gasteiger partial charge in [0.25, 0.3) is 0 Å². The van der Waals surface area contributed by atoms with Gasteiger partial charge in [0.05, 0.1) is 16.1 Å². The maximum atomic E-state index is 6.88. The number of thiophene rings is 1. The summed E-state index contributed by atoms with van der Waals surface area (Å²) >= 11 is 1.77. The van der Waals surface area contributed by atoms with E-state index in [2.05, 4.69) is 144 Å². The van der Waals surface area contributed by atoms with Crippen molar-refractivity contribution in [3.05, 3.63) is 170 Å². The fraction of sp³-hybridized carbons (Fsp3) is 0. The van der Waals surface area contributed by atoms with Crippen LogP contribution in [0.2, 0.25) is 0 Å². The molecule has 11 rings (SSSR count). The van der Waals surface area contributed by atoms with E-state index in [1.165, 1.54) is 20.9 Å². The first-order valence-electron chi connectivity index (χ1n) is 17.4. The average molecular weight is 685 g/mol. The summed E-state index contributed by atoms with van der Waals surface area (Å²) < 4.78 is 15.7. The van der Waals surface area contributed by atoms with Gasteiger partial charge in [-0.1, -0.05) is 109 Å². The number of para-hydroxylation sites is 1. The second-order valence-corrected chi connectivity index (χ2v) is 14.2. The van der Waals surface area contributed by atoms with E-state index in [-0.39, 0.29) is 0 Å². The molecule has 0 amide bonds. The summed E-state index contributed by atoms with van der Waals surface area (Å²) in [4.78, 5) is 7.56. The summed E-state index contributed by atoms with van der Waals surface area (Å²) in [6.07, 6.45) is 0. The minimum absolute atomic E-state index is 0.595. The van der Waals surface area contributed by atoms with Gasteiger partial charge in [-0.25, -0.2) is 4.98 Å². The van der Waals surface area contributed by atoms with Crippen molar-refractivity contribution >= 4 is 92.4 Å². The summed E-state index contributed by atoms with van der Waals surface area (Å²) in [5.41, 5.74) is 9.36. The summed E-state index contributed by atoms with van der Waals surface area (Å²) in [5, 5.41) is 7.01. The highest BCUT2D eigenvalue weighted by Crippen LogP contribution is 2.49. The zero-order valence-electron chi connectivity index (χ0n) is 27.8. The Morgan fingerprint density at radius 3 is 2.06 bits per heavy atom. The third-order valence-electron chi connectivity index (χ3n) is 10.1. The smallest absolute Gasteiger partial charge is 0.227 e. The quantitative estimate of drug-likeness (QED) is 0.181. The van der Waals surface area contributed by atoms with Gasteiger partial charge in [0.15, 0.2) is 5.58 Å². The molecule has 0 unspecified atom stereocenters. The van der Waals surface area contributed by atoms with Crippen LogP contribution < -0.4 is 4.90 Å². The number of nitrogens with zero attached hydrogens (tertiary/aromatic N) is 2. The van der Waals surface area contributed by atoms with Crippen molar-refractivity contribution in [3.63, 3.8) is 0 Å². The standard InChI is InChI=1S/C47H28N2O2S/c1-3-12-29(13-4-1)32-17-11-18-33(26-32)49(34-23-24-37-36-20-9-10-21-40(36)50-41(37)27-34)39-28-38-43-35-19-8-7-14-30(35)22-25-42(43)52-46(38)44-45(39)51-47(48-44)31-15-5-2-6-16-31/h1-28H. The summed E-state index contributed by atoms with van der Waals surface area (Å²) in [7, 11) is 0. The molecule has 0 atom stereocenters. The Balaban J connectivity index is 1.25. The zero-order chi connectivity index (χ0) is 34.2. The fourth-order valence-electron chi connectivity index (χ4n) is 7.66. The monoisotopic (exact) mass is 684 g/mol. The van der Waals surface area contributed by atoms with E-state index in [1.54, 1.807) is 11.3 Å². The van der Waals surface area contributed by atoms with Crippen LogP contribution in [0.3, 0.4) is 0 Å². The molecule has 0 spiro atoms. The van der Waals surface area contributed by atoms with E-state index < -0.39 is 0 Å². The second-order valence-electron chi connectivity index (χ2n) is 13.1. The number of oxazole rings is 1. The van der Waals surface area contributed by atoms with E-state index in [0.29, 0.717) is 5.89 Å². The van der Waals surface area contributed by atoms with Crippen LogP contribution in [0, 0.1) is 0 Å². The Morgan fingerprint density at radius 2 is 1.19 bits per heavy atom. The maximum absolute atomic E-state index is 6.88. The zero-order valence-corrected chi connectivity index (χ0v) is 28.6. The lowest BCUT2D eigenvalue weighted by Gasteiger charge is -2.26. The van der Waals surface area contributed by atoms with Crippen molar-refractivity contribution in [2.75, 3.05) is 4.90 Å². The van der Waals surface area contributed by atoms with Gasteiger partial charge >= 0.3 is 0 Å². The topological polar surface area (TPSA) is 42.4 Å². The third-order valence-corrected chi connectivity index (χ3v) is 11.2. The SMILES string of the molecule is c1ccc(-c2cccc(N(c3ccc4c(c3)oc3ccccc34)c3cc4c(sc5ccc6ccccc6c54)c4nc(-c5ccccc5)oc34)c2)cc1. The molecule has 0 aliphatic rings. The van der Waals surface area contributed by atoms with Crippen molar-refractivity contribution in [2.45, 2.75) is 0 Å². The molecule has 3 heterocycles. The number of aromatic nitrogens is 1. The van der Waals surface area contributed by atoms with Gasteiger partial charge in [-0.3, -0.25) is 0 Å². The first kappa shape index (κ1) is 29.1. The molecular formula is C47H28N2O2S. The Bertz CT molecular complexity index is 3140. The molecular weight excluding hydrogens is 657 g/mol. The number of benzene rings is 8. The molecule has 52 heavy (non-hydrogen) atoms. The average Bonchev–Trinajstić information content (AvgIpc) is 3.93. The fourth-order valence-corrected chi connectivity index (χ4v) is 8.85. The molecule has 0 bridgehead atoms. The van der Waals surface area contributed by atoms with E-state index in [4.69, 9.17) is 13.8 Å². The number of hydrogen-bond donors (Lipinski definition) is 0. The summed E-state index contributed by atoms with van der Waals surface area (Å²) in [5.74, 6) is 0.595. The lowest BCUT2D eigenvalue weighted by molar-refractivity contribution is 0.620. The molecule has 8 aromatic carbocycles. The van der Waals surface area contributed by atoms with E-state index >= 15 is 0 Å². The Kier molecular flexibility index (Phi) is 6.39. The van der Waals surface area contributed by atoms with Crippen molar-refractivity contribution in [2.24, 2.45) is 0 Å². The molecule has 244 valence electrons. The van der Waals surface area contributed by atoms with E-state index in [1.807, 2.05) is 30.3 Å². The highest BCUT2D eigenvalue weighted by Gasteiger charge is 2.25. The van der Waals surface area contributed by atoms with Gasteiger partial charge in [-0.15, -0.1) is 11.3 Å². The predicted molar refractivity (Wildman–Crippen MR) is 217 cm³/mol. The van der Waals surface area contributed by atoms with Crippen LogP contribution in [0.15, 0.2) is 179 Å². The Hall–Kier alpha value is -6.69. The maximum Gasteiger partial charge on any atom is 0.227 e. The van der Waals surface area contributed by atoms with Crippen LogP contribution in [-0.2, 0) is 0 Å². The molecule has 0 saturated carbocycles. The predicted octanol–water partition coefficient (Wildman–Crippen LogP) is 14.1. The van der Waals surface area contributed by atoms with Gasteiger partial charge in [-0.05, 0) is 76.5 Å². The van der Waals surface area contributed by atoms with Gasteiger partial charge in [-0.2, -0.15) is 0 Å². The molecule has 5 heteroatoms. The number of hydrogen-bond acceptors (Lipinski definition) is 5. The van der Waals surface area contributed by atoms with Crippen LogP contribution in [0.5, 0.6) is 0 Å². The van der Waals surface area contributed by atoms with Gasteiger partial charge in [0.2, 0.25) is 5.89 Å². The Morgan fingerprint density at radius 1 is 0.481 bits per heavy atom. The number of rotatable bonds is 5. The van der Waals surface area contributed by atoms with Crippen LogP contribution in [0.4, 0.5) is 17.1 Å². The van der Waals surface area contributed by atoms with Crippen LogP contribution in [0.1, 0.15) is 0 Å². The molecule has 0 N–H and O–H groups in total. The molecule has 0 fully saturated rings. The molecule has 3 aromatic heterocycles. The number of furan rings is 1. The lowest BCUT2D eigenvalue weighted by Crippen LogP contribution is -2.10. The molecule has 11 aromatic rings. The molecule has 0 aliphatic carbocycles. The largest absolute Gasteiger partial charge is 0.456 e. The lowest BCUT2D eigenvalue weighted by atomic mass is 10.0. The van der Waals surface area contributed by atoms with Gasteiger partial charge in [0.1, 0.15) is 16.7 Å². The minimum atomic E-state index is 0.595. The first-order valence-corrected chi connectivity index (χ1v) is 18.2. The van der Waals surface area contributed by atoms with E-state index in [0.717, 1.165) is 76.9 Å². The Labute approximate surface area is 302 Å². The van der Waals surface area contributed by atoms with E-state index in [9.17, 15) is 0 Å². The normalized spacial score (nSPS) is 11.8. The van der Waals surface area contributed by atoms with Crippen molar-refractivity contribution in [1.82, 2.24) is 4.98 Å². The van der Waals surface area contributed by atoms with Gasteiger partial charge in [0, 0.05) is 43.6 Å². The minimum Gasteiger partial charge on any atom is -0.456 e. The van der Waals surface area contributed by atoms with Crippen molar-refractivity contribution in [1.29, 1.82) is 0 Å². The molecule has 0 saturated heterocycles. The van der Waals surface area contributed by atoms with Crippen molar-refractivity contribution in [3.8, 4) is 22.6 Å². The summed E-state index contributed by atoms with van der Waals surface area (Å²) in [6.45, 7) is 0. The highest BCUT2D eigenvalue weighted by atomic mass is 32.1. The summed E-state index contributed by atoms with van der Waals surface area (Å²) in [6, 6.07) is 59.5. The molecule has 4 nitrogen and oxygen atoms in total. The first-order chi connectivity index (χ1) is 25.8. The highest BCUT2D eigenvalue weighted by molar-refractivity contribution is 7.26. The van der Waals surface area contributed by atoms with Crippen molar-refractivity contribution < 1.29 is 8.83 Å². The van der Waals surface area contributed by atoms with Gasteiger partial charge < -0.3 is 13.7 Å². The second kappa shape index (κ2) is 11.4. The molecule has 0 aliphatic heterocycles. The number of fused-ring (bicyclic) bond motifs is 10. The van der Waals surface area contributed by atoms with Crippen LogP contribution >= 0.6 is 11.3 Å².